The van der Waals surface area contributed by atoms with Crippen LogP contribution in [-0.2, 0) is 4.74 Å². The zero-order valence-corrected chi connectivity index (χ0v) is 14.2. The smallest absolute Gasteiger partial charge is 0.104 e. The van der Waals surface area contributed by atoms with Crippen molar-refractivity contribution in [3.63, 3.8) is 0 Å². The Hall–Kier alpha value is -2.78. The van der Waals surface area contributed by atoms with Gasteiger partial charge in [-0.15, -0.1) is 0 Å². The molecule has 0 radical (unpaired) electrons. The van der Waals surface area contributed by atoms with E-state index in [0.29, 0.717) is 6.61 Å². The molecular formula is C22H22N2O. The Labute approximate surface area is 150 Å². The highest BCUT2D eigenvalue weighted by Gasteiger charge is 2.32. The molecule has 25 heavy (non-hydrogen) atoms. The van der Waals surface area contributed by atoms with Crippen LogP contribution in [0.4, 0.5) is 17.1 Å². The maximum absolute atomic E-state index is 9.00. The molecule has 3 aromatic carbocycles. The minimum Gasteiger partial charge on any atom is -0.372 e. The largest absolute Gasteiger partial charge is 0.372 e. The molecule has 2 unspecified atom stereocenters. The first-order chi connectivity index (χ1) is 12.8. The second-order valence-corrected chi connectivity index (χ2v) is 5.91. The first kappa shape index (κ1) is 14.6. The minimum absolute atomic E-state index is 0.309. The number of fused-ring (bicyclic) bond motifs is 1. The molecular weight excluding hydrogens is 308 g/mol. The summed E-state index contributed by atoms with van der Waals surface area (Å²) in [4.78, 5) is 0. The molecule has 0 aromatic heterocycles. The summed E-state index contributed by atoms with van der Waals surface area (Å²) in [5.41, 5.74) is 4.08. The summed E-state index contributed by atoms with van der Waals surface area (Å²) in [7, 11) is 0. The van der Waals surface area contributed by atoms with Crippen molar-refractivity contribution in [1.29, 1.82) is 0 Å². The fourth-order valence-electron chi connectivity index (χ4n) is 3.24. The van der Waals surface area contributed by atoms with E-state index in [1.165, 1.54) is 0 Å². The molecule has 0 aliphatic carbocycles. The van der Waals surface area contributed by atoms with Crippen molar-refractivity contribution in [2.24, 2.45) is 0 Å². The van der Waals surface area contributed by atoms with Crippen LogP contribution in [0.25, 0.3) is 0 Å². The van der Waals surface area contributed by atoms with Crippen LogP contribution < -0.4 is 10.0 Å². The zero-order valence-electron chi connectivity index (χ0n) is 15.2. The molecule has 0 fully saturated rings. The molecule has 0 N–H and O–H groups in total. The lowest BCUT2D eigenvalue weighted by molar-refractivity contribution is 0.0647. The SMILES string of the molecule is [2H]C1C(OCC)c2ccccc2N(c2ccccc2)N1c1ccccc1. The van der Waals surface area contributed by atoms with Crippen molar-refractivity contribution in [3.8, 4) is 0 Å². The predicted molar refractivity (Wildman–Crippen MR) is 103 cm³/mol. The summed E-state index contributed by atoms with van der Waals surface area (Å²) < 4.78 is 15.0. The van der Waals surface area contributed by atoms with Gasteiger partial charge in [-0.3, -0.25) is 10.0 Å². The van der Waals surface area contributed by atoms with E-state index in [0.717, 1.165) is 22.6 Å². The predicted octanol–water partition coefficient (Wildman–Crippen LogP) is 5.34. The number of ether oxygens (including phenoxy) is 1. The van der Waals surface area contributed by atoms with Gasteiger partial charge in [-0.2, -0.15) is 0 Å². The van der Waals surface area contributed by atoms with Gasteiger partial charge in [0.05, 0.1) is 25.0 Å². The van der Waals surface area contributed by atoms with Gasteiger partial charge in [-0.25, -0.2) is 0 Å². The van der Waals surface area contributed by atoms with Crippen LogP contribution in [0.3, 0.4) is 0 Å². The fourth-order valence-corrected chi connectivity index (χ4v) is 3.24. The molecule has 0 saturated carbocycles. The van der Waals surface area contributed by atoms with Crippen LogP contribution in [-0.4, -0.2) is 13.1 Å². The molecule has 1 aliphatic heterocycles. The van der Waals surface area contributed by atoms with Crippen LogP contribution >= 0.6 is 0 Å². The number of benzene rings is 3. The maximum atomic E-state index is 9.00. The average molecular weight is 331 g/mol. The molecule has 3 nitrogen and oxygen atoms in total. The van der Waals surface area contributed by atoms with E-state index in [4.69, 9.17) is 6.11 Å². The molecule has 0 saturated heterocycles. The normalized spacial score (nSPS) is 20.1. The summed E-state index contributed by atoms with van der Waals surface area (Å²) in [6.07, 6.45) is -0.309. The molecule has 0 bridgehead atoms. The summed E-state index contributed by atoms with van der Waals surface area (Å²) >= 11 is 0. The van der Waals surface area contributed by atoms with E-state index in [1.807, 2.05) is 72.6 Å². The molecule has 1 aliphatic rings. The maximum Gasteiger partial charge on any atom is 0.104 e. The third-order valence-corrected chi connectivity index (χ3v) is 4.33. The quantitative estimate of drug-likeness (QED) is 0.642. The third kappa shape index (κ3) is 2.99. The van der Waals surface area contributed by atoms with E-state index >= 15 is 0 Å². The first-order valence-corrected chi connectivity index (χ1v) is 8.63. The monoisotopic (exact) mass is 331 g/mol. The number of rotatable bonds is 4. The van der Waals surface area contributed by atoms with Crippen molar-refractivity contribution in [3.05, 3.63) is 90.5 Å². The fraction of sp³-hybridized carbons (Fsp3) is 0.182. The molecule has 2 atom stereocenters. The van der Waals surface area contributed by atoms with E-state index in [-0.39, 0.29) is 6.10 Å². The number of para-hydroxylation sites is 3. The summed E-state index contributed by atoms with van der Waals surface area (Å²) in [6, 6.07) is 28.5. The second-order valence-electron chi connectivity index (χ2n) is 5.91. The van der Waals surface area contributed by atoms with Crippen molar-refractivity contribution in [1.82, 2.24) is 0 Å². The van der Waals surface area contributed by atoms with E-state index in [1.54, 1.807) is 0 Å². The van der Waals surface area contributed by atoms with E-state index in [2.05, 4.69) is 29.3 Å². The number of anilines is 3. The zero-order chi connectivity index (χ0) is 17.9. The van der Waals surface area contributed by atoms with Crippen LogP contribution in [0, 0.1) is 0 Å². The molecule has 1 heterocycles. The van der Waals surface area contributed by atoms with Crippen LogP contribution in [0.5, 0.6) is 0 Å². The molecule has 4 rings (SSSR count). The lowest BCUT2D eigenvalue weighted by Gasteiger charge is -2.45. The standard InChI is InChI=1S/C22H22N2O/c1-2-25-22-17-23(18-11-5-3-6-12-18)24(19-13-7-4-8-14-19)21-16-10-9-15-20(21)22/h3-16,22H,2,17H2,1H3/i17D. The first-order valence-electron chi connectivity index (χ1n) is 9.21. The molecule has 3 heteroatoms. The van der Waals surface area contributed by atoms with Gasteiger partial charge in [-0.1, -0.05) is 54.6 Å². The molecule has 3 aromatic rings. The number of hydrogen-bond donors (Lipinski definition) is 0. The molecule has 0 spiro atoms. The van der Waals surface area contributed by atoms with Gasteiger partial charge in [-0.05, 0) is 37.3 Å². The lowest BCUT2D eigenvalue weighted by atomic mass is 10.0. The summed E-state index contributed by atoms with van der Waals surface area (Å²) in [5, 5.41) is 4.13. The van der Waals surface area contributed by atoms with Crippen molar-refractivity contribution in [2.45, 2.75) is 13.0 Å². The van der Waals surface area contributed by atoms with Gasteiger partial charge in [0.2, 0.25) is 0 Å². The minimum atomic E-state index is -0.590. The Morgan fingerprint density at radius 1 is 0.880 bits per heavy atom. The summed E-state index contributed by atoms with van der Waals surface area (Å²) in [5.74, 6) is 0. The molecule has 0 amide bonds. The Morgan fingerprint density at radius 2 is 1.48 bits per heavy atom. The average Bonchev–Trinajstić information content (AvgIpc) is 2.71. The van der Waals surface area contributed by atoms with Crippen molar-refractivity contribution >= 4 is 17.1 Å². The van der Waals surface area contributed by atoms with Crippen molar-refractivity contribution < 1.29 is 6.11 Å². The van der Waals surface area contributed by atoms with E-state index < -0.39 is 6.52 Å². The van der Waals surface area contributed by atoms with Gasteiger partial charge in [0.1, 0.15) is 6.10 Å². The lowest BCUT2D eigenvalue weighted by Crippen LogP contribution is -2.46. The number of hydrogen-bond acceptors (Lipinski definition) is 3. The van der Waals surface area contributed by atoms with Crippen LogP contribution in [0.15, 0.2) is 84.9 Å². The third-order valence-electron chi connectivity index (χ3n) is 4.33. The number of hydrazine groups is 1. The Morgan fingerprint density at radius 3 is 2.16 bits per heavy atom. The van der Waals surface area contributed by atoms with E-state index in [9.17, 15) is 0 Å². The van der Waals surface area contributed by atoms with Gasteiger partial charge in [0.25, 0.3) is 0 Å². The Balaban J connectivity index is 1.93. The van der Waals surface area contributed by atoms with Crippen LogP contribution in [0.1, 0.15) is 20.0 Å². The Bertz CT molecular complexity index is 856. The number of nitrogens with zero attached hydrogens (tertiary/aromatic N) is 2. The van der Waals surface area contributed by atoms with Gasteiger partial charge in [0.15, 0.2) is 0 Å². The van der Waals surface area contributed by atoms with Gasteiger partial charge >= 0.3 is 0 Å². The van der Waals surface area contributed by atoms with Gasteiger partial charge < -0.3 is 4.74 Å². The highest BCUT2D eigenvalue weighted by Crippen LogP contribution is 2.41. The Kier molecular flexibility index (Phi) is 4.07. The highest BCUT2D eigenvalue weighted by atomic mass is 16.5. The van der Waals surface area contributed by atoms with Crippen molar-refractivity contribution in [2.75, 3.05) is 23.1 Å². The molecule has 126 valence electrons. The second kappa shape index (κ2) is 6.99. The van der Waals surface area contributed by atoms with Crippen LogP contribution in [0.2, 0.25) is 0 Å². The topological polar surface area (TPSA) is 15.7 Å². The summed E-state index contributed by atoms with van der Waals surface area (Å²) in [6.45, 7) is 1.96. The highest BCUT2D eigenvalue weighted by molar-refractivity contribution is 5.74. The van der Waals surface area contributed by atoms with Gasteiger partial charge in [0, 0.05) is 12.2 Å².